The first-order chi connectivity index (χ1) is 15.0. The van der Waals surface area contributed by atoms with Crippen LogP contribution in [0.15, 0.2) is 83.5 Å². The van der Waals surface area contributed by atoms with Gasteiger partial charge in [0, 0.05) is 17.2 Å². The number of nitrogens with zero attached hydrogens (tertiary/aromatic N) is 2. The van der Waals surface area contributed by atoms with Crippen molar-refractivity contribution in [3.63, 3.8) is 0 Å². The van der Waals surface area contributed by atoms with Gasteiger partial charge in [-0.2, -0.15) is 0 Å². The second-order valence-corrected chi connectivity index (χ2v) is 6.98. The van der Waals surface area contributed by atoms with Crippen molar-refractivity contribution in [2.45, 2.75) is 6.61 Å². The maximum absolute atomic E-state index is 12.3. The molecule has 0 bridgehead atoms. The predicted octanol–water partition coefficient (Wildman–Crippen LogP) is 5.17. The van der Waals surface area contributed by atoms with Crippen LogP contribution in [0.4, 0.5) is 5.69 Å². The lowest BCUT2D eigenvalue weighted by Crippen LogP contribution is -2.06. The molecule has 0 atom stereocenters. The molecule has 1 aliphatic heterocycles. The predicted molar refractivity (Wildman–Crippen MR) is 116 cm³/mol. The summed E-state index contributed by atoms with van der Waals surface area (Å²) in [7, 11) is 0. The van der Waals surface area contributed by atoms with Gasteiger partial charge in [-0.05, 0) is 29.8 Å². The number of cyclic esters (lactones) is 1. The van der Waals surface area contributed by atoms with Crippen LogP contribution in [0.1, 0.15) is 16.7 Å². The van der Waals surface area contributed by atoms with E-state index >= 15 is 0 Å². The summed E-state index contributed by atoms with van der Waals surface area (Å²) in [4.78, 5) is 27.0. The van der Waals surface area contributed by atoms with Crippen molar-refractivity contribution in [3.05, 3.63) is 110 Å². The Hall–Kier alpha value is -3.97. The fourth-order valence-electron chi connectivity index (χ4n) is 2.93. The average molecular weight is 435 g/mol. The molecule has 3 aromatic carbocycles. The second-order valence-electron chi connectivity index (χ2n) is 6.57. The summed E-state index contributed by atoms with van der Waals surface area (Å²) >= 11 is 5.84. The zero-order valence-electron chi connectivity index (χ0n) is 16.0. The Bertz CT molecular complexity index is 1220. The first-order valence-corrected chi connectivity index (χ1v) is 9.62. The van der Waals surface area contributed by atoms with Crippen LogP contribution in [-0.2, 0) is 16.1 Å². The van der Waals surface area contributed by atoms with Gasteiger partial charge < -0.3 is 9.47 Å². The fourth-order valence-corrected chi connectivity index (χ4v) is 3.12. The molecule has 4 rings (SSSR count). The second kappa shape index (κ2) is 8.81. The maximum Gasteiger partial charge on any atom is 0.363 e. The molecule has 8 heteroatoms. The Morgan fingerprint density at radius 2 is 1.81 bits per heavy atom. The maximum atomic E-state index is 12.3. The van der Waals surface area contributed by atoms with Gasteiger partial charge in [0.2, 0.25) is 5.90 Å². The topological polar surface area (TPSA) is 91.0 Å². The molecule has 0 aromatic heterocycles. The van der Waals surface area contributed by atoms with Gasteiger partial charge in [0.1, 0.15) is 17.4 Å². The number of halogens is 1. The number of hydrogen-bond donors (Lipinski definition) is 0. The van der Waals surface area contributed by atoms with E-state index in [1.54, 1.807) is 18.2 Å². The van der Waals surface area contributed by atoms with Gasteiger partial charge in [-0.3, -0.25) is 10.1 Å². The molecule has 0 spiro atoms. The summed E-state index contributed by atoms with van der Waals surface area (Å²) in [6.07, 6.45) is 1.56. The first kappa shape index (κ1) is 20.3. The third-order valence-corrected chi connectivity index (χ3v) is 4.78. The molecule has 3 aromatic rings. The molecule has 0 fully saturated rings. The van der Waals surface area contributed by atoms with Crippen molar-refractivity contribution in [1.29, 1.82) is 0 Å². The number of carbonyl (C=O) groups is 1. The molecule has 7 nitrogen and oxygen atoms in total. The van der Waals surface area contributed by atoms with Gasteiger partial charge in [0.15, 0.2) is 5.70 Å². The number of benzene rings is 3. The third kappa shape index (κ3) is 4.62. The van der Waals surface area contributed by atoms with E-state index in [0.29, 0.717) is 17.9 Å². The summed E-state index contributed by atoms with van der Waals surface area (Å²) < 4.78 is 11.1. The molecule has 31 heavy (non-hydrogen) atoms. The van der Waals surface area contributed by atoms with E-state index in [2.05, 4.69) is 4.99 Å². The van der Waals surface area contributed by atoms with E-state index in [-0.39, 0.29) is 27.9 Å². The van der Waals surface area contributed by atoms with E-state index in [9.17, 15) is 14.9 Å². The van der Waals surface area contributed by atoms with Crippen LogP contribution in [0.5, 0.6) is 5.75 Å². The minimum absolute atomic E-state index is 0.0149. The van der Waals surface area contributed by atoms with Crippen molar-refractivity contribution < 1.29 is 19.2 Å². The highest BCUT2D eigenvalue weighted by molar-refractivity contribution is 6.32. The molecule has 0 unspecified atom stereocenters. The Labute approximate surface area is 182 Å². The average Bonchev–Trinajstić information content (AvgIpc) is 3.14. The monoisotopic (exact) mass is 434 g/mol. The summed E-state index contributed by atoms with van der Waals surface area (Å²) in [5.41, 5.74) is 1.70. The van der Waals surface area contributed by atoms with Crippen LogP contribution in [0.3, 0.4) is 0 Å². The standard InChI is InChI=1S/C23H15ClN2O5/c24-18-11-10-17(13-20(18)26(28)29)22-25-19(23(27)31-22)12-16-8-4-5-9-21(16)30-14-15-6-2-1-3-7-15/h1-13H,14H2/b19-12+. The molecule has 0 amide bonds. The van der Waals surface area contributed by atoms with Crippen molar-refractivity contribution in [2.75, 3.05) is 0 Å². The van der Waals surface area contributed by atoms with Crippen LogP contribution in [-0.4, -0.2) is 16.8 Å². The van der Waals surface area contributed by atoms with Gasteiger partial charge in [-0.25, -0.2) is 9.79 Å². The van der Waals surface area contributed by atoms with Gasteiger partial charge in [0.25, 0.3) is 5.69 Å². The Kier molecular flexibility index (Phi) is 5.77. The van der Waals surface area contributed by atoms with Crippen LogP contribution >= 0.6 is 11.6 Å². The number of para-hydroxylation sites is 1. The highest BCUT2D eigenvalue weighted by Crippen LogP contribution is 2.29. The number of nitro groups is 1. The zero-order valence-corrected chi connectivity index (χ0v) is 16.8. The number of aliphatic imine (C=N–C) groups is 1. The van der Waals surface area contributed by atoms with E-state index in [4.69, 9.17) is 21.1 Å². The van der Waals surface area contributed by atoms with Crippen LogP contribution in [0, 0.1) is 10.1 Å². The SMILES string of the molecule is O=C1OC(c2ccc(Cl)c([N+](=O)[O-])c2)=N/C1=C/c1ccccc1OCc1ccccc1. The van der Waals surface area contributed by atoms with Crippen LogP contribution < -0.4 is 4.74 Å². The number of rotatable bonds is 6. The number of nitro benzene ring substituents is 1. The van der Waals surface area contributed by atoms with E-state index in [1.165, 1.54) is 18.2 Å². The van der Waals surface area contributed by atoms with Crippen molar-refractivity contribution in [1.82, 2.24) is 0 Å². The third-order valence-electron chi connectivity index (χ3n) is 4.46. The largest absolute Gasteiger partial charge is 0.488 e. The van der Waals surface area contributed by atoms with E-state index < -0.39 is 10.9 Å². The molecule has 0 N–H and O–H groups in total. The fraction of sp³-hybridized carbons (Fsp3) is 0.0435. The van der Waals surface area contributed by atoms with E-state index in [1.807, 2.05) is 42.5 Å². The summed E-state index contributed by atoms with van der Waals surface area (Å²) in [5, 5.41) is 11.1. The number of hydrogen-bond acceptors (Lipinski definition) is 6. The summed E-state index contributed by atoms with van der Waals surface area (Å²) in [5.74, 6) is -0.110. The molecule has 1 aliphatic rings. The molecule has 0 aliphatic carbocycles. The molecular weight excluding hydrogens is 420 g/mol. The summed E-state index contributed by atoms with van der Waals surface area (Å²) in [6, 6.07) is 21.0. The van der Waals surface area contributed by atoms with Crippen LogP contribution in [0.2, 0.25) is 5.02 Å². The number of ether oxygens (including phenoxy) is 2. The Balaban J connectivity index is 1.61. The highest BCUT2D eigenvalue weighted by atomic mass is 35.5. The van der Waals surface area contributed by atoms with Gasteiger partial charge in [-0.1, -0.05) is 60.1 Å². The number of esters is 1. The lowest BCUT2D eigenvalue weighted by atomic mass is 10.1. The molecule has 1 heterocycles. The number of carbonyl (C=O) groups excluding carboxylic acids is 1. The van der Waals surface area contributed by atoms with Gasteiger partial charge >= 0.3 is 5.97 Å². The highest BCUT2D eigenvalue weighted by Gasteiger charge is 2.26. The van der Waals surface area contributed by atoms with Gasteiger partial charge in [0.05, 0.1) is 4.92 Å². The quantitative estimate of drug-likeness (QED) is 0.231. The van der Waals surface area contributed by atoms with Crippen molar-refractivity contribution >= 4 is 35.2 Å². The smallest absolute Gasteiger partial charge is 0.363 e. The Morgan fingerprint density at radius 1 is 1.06 bits per heavy atom. The molecular formula is C23H15ClN2O5. The summed E-state index contributed by atoms with van der Waals surface area (Å²) in [6.45, 7) is 0.369. The minimum Gasteiger partial charge on any atom is -0.488 e. The normalized spacial score (nSPS) is 14.3. The van der Waals surface area contributed by atoms with Crippen molar-refractivity contribution in [3.8, 4) is 5.75 Å². The van der Waals surface area contributed by atoms with E-state index in [0.717, 1.165) is 5.56 Å². The van der Waals surface area contributed by atoms with Crippen LogP contribution in [0.25, 0.3) is 6.08 Å². The van der Waals surface area contributed by atoms with Gasteiger partial charge in [-0.15, -0.1) is 0 Å². The first-order valence-electron chi connectivity index (χ1n) is 9.24. The minimum atomic E-state index is -0.662. The lowest BCUT2D eigenvalue weighted by Gasteiger charge is -2.09. The molecule has 154 valence electrons. The molecule has 0 radical (unpaired) electrons. The zero-order chi connectivity index (χ0) is 21.8. The molecule has 0 saturated heterocycles. The lowest BCUT2D eigenvalue weighted by molar-refractivity contribution is -0.384. The molecule has 0 saturated carbocycles. The van der Waals surface area contributed by atoms with Crippen molar-refractivity contribution in [2.24, 2.45) is 4.99 Å². The Morgan fingerprint density at radius 3 is 2.58 bits per heavy atom.